The van der Waals surface area contributed by atoms with Crippen LogP contribution in [0.5, 0.6) is 0 Å². The molecule has 20 heavy (non-hydrogen) atoms. The molecule has 1 aromatic heterocycles. The number of aromatic nitrogens is 1. The molecule has 2 N–H and O–H groups in total. The Morgan fingerprint density at radius 1 is 1.60 bits per heavy atom. The summed E-state index contributed by atoms with van der Waals surface area (Å²) in [5.41, 5.74) is -5.08. The summed E-state index contributed by atoms with van der Waals surface area (Å²) in [5, 5.41) is -0.234. The monoisotopic (exact) mass is 306 g/mol. The lowest BCUT2D eigenvalue weighted by Gasteiger charge is -2.08. The maximum absolute atomic E-state index is 12.6. The van der Waals surface area contributed by atoms with Crippen molar-refractivity contribution in [2.75, 3.05) is 27.6 Å². The molecule has 0 aliphatic heterocycles. The molecule has 2 rings (SSSR count). The second-order valence-electron chi connectivity index (χ2n) is 4.40. The van der Waals surface area contributed by atoms with Crippen LogP contribution in [0.1, 0.15) is 23.5 Å². The molecule has 0 radical (unpaired) electrons. The van der Waals surface area contributed by atoms with Gasteiger partial charge in [-0.3, -0.25) is 0 Å². The van der Waals surface area contributed by atoms with Crippen molar-refractivity contribution >= 4 is 20.9 Å². The van der Waals surface area contributed by atoms with E-state index in [4.69, 9.17) is 15.2 Å². The van der Waals surface area contributed by atoms with Crippen LogP contribution in [0.3, 0.4) is 0 Å². The Hall–Kier alpha value is -1.37. The number of hydrogen-bond donors (Lipinski definition) is 2. The molecule has 5 nitrogen and oxygen atoms in total. The van der Waals surface area contributed by atoms with Crippen molar-refractivity contribution < 1.29 is 23.6 Å². The minimum atomic E-state index is -5.58. The van der Waals surface area contributed by atoms with Crippen molar-refractivity contribution in [1.82, 2.24) is 14.6 Å². The predicted molar refractivity (Wildman–Crippen MR) is 82.2 cm³/mol. The predicted octanol–water partition coefficient (Wildman–Crippen LogP) is 1.32. The number of rotatable bonds is 6. The summed E-state index contributed by atoms with van der Waals surface area (Å²) in [6.45, 7) is -3.18. The summed E-state index contributed by atoms with van der Waals surface area (Å²) in [7, 11) is -2.12. The fourth-order valence-electron chi connectivity index (χ4n) is 1.60. The van der Waals surface area contributed by atoms with Gasteiger partial charge in [0.15, 0.2) is 1.41 Å². The highest BCUT2D eigenvalue weighted by atomic mass is 32.2. The van der Waals surface area contributed by atoms with Crippen LogP contribution in [-0.4, -0.2) is 45.9 Å². The number of sulfonamides is 1. The molecule has 0 spiro atoms. The summed E-state index contributed by atoms with van der Waals surface area (Å²) in [6, 6.07) is -2.68. The van der Waals surface area contributed by atoms with E-state index in [2.05, 4.69) is 0 Å². The van der Waals surface area contributed by atoms with E-state index in [1.165, 1.54) is 0 Å². The summed E-state index contributed by atoms with van der Waals surface area (Å²) in [4.78, 5) is 2.27. The molecule has 0 aliphatic carbocycles. The summed E-state index contributed by atoms with van der Waals surface area (Å²) in [6.07, 6.45) is -0.283. The van der Waals surface area contributed by atoms with Crippen LogP contribution in [0.15, 0.2) is 24.3 Å². The first-order valence-corrected chi connectivity index (χ1v) is 7.15. The Bertz CT molecular complexity index is 1130. The largest absolute Gasteiger partial charge is 0.361 e. The first kappa shape index (κ1) is 6.17. The van der Waals surface area contributed by atoms with Crippen LogP contribution in [0.4, 0.5) is 0 Å². The smallest absolute Gasteiger partial charge is 0.215 e. The third-order valence-electron chi connectivity index (χ3n) is 2.56. The molecular formula is C14H21N3O2S. The fraction of sp³-hybridized carbons (Fsp3) is 0.429. The van der Waals surface area contributed by atoms with Crippen LogP contribution in [0.2, 0.25) is 2.82 Å². The van der Waals surface area contributed by atoms with Gasteiger partial charge in [0, 0.05) is 30.5 Å². The van der Waals surface area contributed by atoms with E-state index in [1.807, 2.05) is 0 Å². The number of nitrogens with one attached hydrogen (secondary N) is 2. The van der Waals surface area contributed by atoms with Crippen LogP contribution >= 0.6 is 0 Å². The van der Waals surface area contributed by atoms with Gasteiger partial charge in [0.05, 0.1) is 11.2 Å². The molecule has 6 heteroatoms. The van der Waals surface area contributed by atoms with Gasteiger partial charge in [-0.05, 0) is 50.7 Å². The molecule has 110 valence electrons. The van der Waals surface area contributed by atoms with E-state index in [9.17, 15) is 8.42 Å². The Morgan fingerprint density at radius 2 is 2.40 bits per heavy atom. The van der Waals surface area contributed by atoms with E-state index >= 15 is 0 Å². The maximum atomic E-state index is 12.6. The third kappa shape index (κ3) is 3.59. The zero-order valence-electron chi connectivity index (χ0n) is 22.0. The molecule has 0 saturated carbocycles. The van der Waals surface area contributed by atoms with Gasteiger partial charge in [-0.1, -0.05) is 6.04 Å². The topological polar surface area (TPSA) is 65.2 Å². The van der Waals surface area contributed by atoms with Gasteiger partial charge in [-0.25, -0.2) is 13.1 Å². The molecule has 1 aromatic carbocycles. The van der Waals surface area contributed by atoms with E-state index in [1.54, 1.807) is 19.0 Å². The Labute approximate surface area is 135 Å². The molecule has 0 aliphatic rings. The lowest BCUT2D eigenvalue weighted by atomic mass is 10.1. The molecule has 0 bridgehead atoms. The van der Waals surface area contributed by atoms with Crippen molar-refractivity contribution in [3.63, 3.8) is 0 Å². The lowest BCUT2D eigenvalue weighted by molar-refractivity contribution is 0.414. The van der Waals surface area contributed by atoms with Gasteiger partial charge in [-0.15, -0.1) is 0 Å². The SMILES string of the molecule is [2H]c1c(C([2H])([2H])S(=O)(=O)N([2H])C([2H])([2H])[2H])c([2H])c2c(CCN(C)C)c([2H])n([2H])c2c1[2H]. The van der Waals surface area contributed by atoms with Crippen LogP contribution in [-0.2, 0) is 22.1 Å². The minimum absolute atomic E-state index is 0.0881. The quantitative estimate of drug-likeness (QED) is 0.846. The van der Waals surface area contributed by atoms with E-state index < -0.39 is 57.3 Å². The standard InChI is InChI=1S/C14H21N3O2S/c1-15-20(18,19)10-11-4-5-14-13(8-11)12(9-16-14)6-7-17(2)3/h4-5,8-9,15-16H,6-7,10H2,1-3H3/i1D3,4D,5D,8D,9D,10D2/hD2. The number of benzene rings is 1. The van der Waals surface area contributed by atoms with Crippen LogP contribution < -0.4 is 4.72 Å². The average Bonchev–Trinajstić information content (AvgIpc) is 2.87. The maximum Gasteiger partial charge on any atom is 0.215 e. The van der Waals surface area contributed by atoms with Gasteiger partial charge in [0.25, 0.3) is 0 Å². The second kappa shape index (κ2) is 5.95. The first-order valence-electron chi connectivity index (χ1n) is 11.1. The Kier molecular flexibility index (Phi) is 1.84. The third-order valence-corrected chi connectivity index (χ3v) is 3.26. The van der Waals surface area contributed by atoms with Crippen molar-refractivity contribution in [2.24, 2.45) is 0 Å². The van der Waals surface area contributed by atoms with Gasteiger partial charge >= 0.3 is 0 Å². The minimum Gasteiger partial charge on any atom is -0.361 e. The molecule has 0 amide bonds. The molecule has 2 aromatic rings. The Balaban J connectivity index is 2.94. The number of fused-ring (bicyclic) bond motifs is 1. The van der Waals surface area contributed by atoms with E-state index in [0.29, 0.717) is 11.5 Å². The highest BCUT2D eigenvalue weighted by Crippen LogP contribution is 2.21. The number of aromatic amines is 1. The molecule has 0 saturated heterocycles. The fourth-order valence-corrected chi connectivity index (χ4v) is 2.01. The van der Waals surface area contributed by atoms with Crippen LogP contribution in [0.25, 0.3) is 10.9 Å². The van der Waals surface area contributed by atoms with E-state index in [0.717, 1.165) is 0 Å². The first-order chi connectivity index (χ1) is 13.9. The Morgan fingerprint density at radius 3 is 3.10 bits per heavy atom. The summed E-state index contributed by atoms with van der Waals surface area (Å²) in [5.74, 6) is 0. The number of H-pyrrole nitrogens is 1. The van der Waals surface area contributed by atoms with Gasteiger partial charge in [0.2, 0.25) is 10.0 Å². The van der Waals surface area contributed by atoms with Crippen molar-refractivity contribution in [3.8, 4) is 0 Å². The molecule has 1 heterocycles. The second-order valence-corrected chi connectivity index (χ2v) is 5.73. The van der Waals surface area contributed by atoms with Gasteiger partial charge in [0.1, 0.15) is 1.41 Å². The summed E-state index contributed by atoms with van der Waals surface area (Å²) >= 11 is 0. The normalized spacial score (nSPS) is 21.9. The molecule has 0 unspecified atom stereocenters. The average molecular weight is 306 g/mol. The van der Waals surface area contributed by atoms with Crippen LogP contribution in [0, 0.1) is 0 Å². The van der Waals surface area contributed by atoms with Gasteiger partial charge < -0.3 is 9.88 Å². The molecule has 0 fully saturated rings. The lowest BCUT2D eigenvalue weighted by Crippen LogP contribution is -2.20. The van der Waals surface area contributed by atoms with Crippen molar-refractivity contribution in [1.29, 1.82) is 0 Å². The highest BCUT2D eigenvalue weighted by Gasteiger charge is 2.11. The molecule has 0 atom stereocenters. The number of hydrogen-bond acceptors (Lipinski definition) is 3. The molecular weight excluding hydrogens is 274 g/mol. The highest BCUT2D eigenvalue weighted by molar-refractivity contribution is 7.88. The van der Waals surface area contributed by atoms with Crippen molar-refractivity contribution in [3.05, 3.63) is 35.4 Å². The van der Waals surface area contributed by atoms with Crippen molar-refractivity contribution in [2.45, 2.75) is 12.1 Å². The van der Waals surface area contributed by atoms with Gasteiger partial charge in [-0.2, -0.15) is 0 Å². The summed E-state index contributed by atoms with van der Waals surface area (Å²) < 4.78 is 110. The zero-order valence-corrected chi connectivity index (χ0v) is 11.8. The zero-order chi connectivity index (χ0) is 24.3. The van der Waals surface area contributed by atoms with E-state index in [-0.39, 0.29) is 22.9 Å². The number of likely N-dealkylation sites (N-methyl/N-ethyl adjacent to an activating group) is 1. The number of nitrogens with zero attached hydrogens (tertiary/aromatic N) is 1.